The van der Waals surface area contributed by atoms with Gasteiger partial charge in [0.1, 0.15) is 18.2 Å². The summed E-state index contributed by atoms with van der Waals surface area (Å²) >= 11 is 0. The highest BCUT2D eigenvalue weighted by atomic mass is 19.1. The molecule has 0 amide bonds. The van der Waals surface area contributed by atoms with Gasteiger partial charge in [-0.1, -0.05) is 6.07 Å². The third-order valence-electron chi connectivity index (χ3n) is 1.49. The molecule has 1 atom stereocenters. The first-order valence-corrected chi connectivity index (χ1v) is 3.89. The minimum absolute atomic E-state index is 0.185. The van der Waals surface area contributed by atoms with Crippen molar-refractivity contribution in [2.24, 2.45) is 0 Å². The van der Waals surface area contributed by atoms with Gasteiger partial charge in [-0.2, -0.15) is 0 Å². The van der Waals surface area contributed by atoms with Crippen molar-refractivity contribution in [3.63, 3.8) is 0 Å². The van der Waals surface area contributed by atoms with Crippen LogP contribution in [0.5, 0.6) is 5.75 Å². The van der Waals surface area contributed by atoms with Crippen LogP contribution in [0.3, 0.4) is 0 Å². The van der Waals surface area contributed by atoms with Gasteiger partial charge in [-0.25, -0.2) is 9.18 Å². The Bertz CT molecular complexity index is 326. The quantitative estimate of drug-likeness (QED) is 0.748. The Morgan fingerprint density at radius 2 is 2.29 bits per heavy atom. The number of carboxylic acids is 1. The molecule has 0 aliphatic carbocycles. The van der Waals surface area contributed by atoms with Gasteiger partial charge in [0.25, 0.3) is 0 Å². The monoisotopic (exact) mass is 200 g/mol. The third kappa shape index (κ3) is 3.02. The summed E-state index contributed by atoms with van der Waals surface area (Å²) in [7, 11) is 0. The van der Waals surface area contributed by atoms with Crippen molar-refractivity contribution in [2.75, 3.05) is 6.61 Å². The van der Waals surface area contributed by atoms with Crippen LogP contribution in [0.25, 0.3) is 0 Å². The molecular weight excluding hydrogens is 191 g/mol. The van der Waals surface area contributed by atoms with Crippen molar-refractivity contribution < 1.29 is 24.1 Å². The van der Waals surface area contributed by atoms with Gasteiger partial charge in [0.15, 0.2) is 6.10 Å². The van der Waals surface area contributed by atoms with Gasteiger partial charge in [0.2, 0.25) is 0 Å². The number of carboxylic acid groups (broad SMARTS) is 1. The predicted molar refractivity (Wildman–Crippen MR) is 45.5 cm³/mol. The van der Waals surface area contributed by atoms with Crippen LogP contribution in [0.2, 0.25) is 0 Å². The number of aliphatic carboxylic acids is 1. The molecule has 0 heterocycles. The lowest BCUT2D eigenvalue weighted by Gasteiger charge is -2.08. The molecule has 0 aliphatic heterocycles. The second-order valence-corrected chi connectivity index (χ2v) is 2.62. The first-order chi connectivity index (χ1) is 6.59. The molecule has 1 unspecified atom stereocenters. The lowest BCUT2D eigenvalue weighted by Crippen LogP contribution is -2.26. The van der Waals surface area contributed by atoms with Gasteiger partial charge >= 0.3 is 5.97 Å². The fourth-order valence-corrected chi connectivity index (χ4v) is 0.803. The Morgan fingerprint density at radius 1 is 1.57 bits per heavy atom. The van der Waals surface area contributed by atoms with E-state index in [-0.39, 0.29) is 5.75 Å². The Hall–Kier alpha value is -1.62. The molecule has 4 nitrogen and oxygen atoms in total. The van der Waals surface area contributed by atoms with Crippen molar-refractivity contribution >= 4 is 5.97 Å². The summed E-state index contributed by atoms with van der Waals surface area (Å²) in [5, 5.41) is 17.1. The molecule has 0 saturated carbocycles. The SMILES string of the molecule is O=C(O)C(O)COc1cccc(F)c1. The molecule has 0 aromatic heterocycles. The van der Waals surface area contributed by atoms with E-state index in [2.05, 4.69) is 0 Å². The highest BCUT2D eigenvalue weighted by molar-refractivity contribution is 5.72. The zero-order chi connectivity index (χ0) is 10.6. The maximum atomic E-state index is 12.6. The molecule has 0 bridgehead atoms. The summed E-state index contributed by atoms with van der Waals surface area (Å²) < 4.78 is 17.4. The Labute approximate surface area is 79.6 Å². The lowest BCUT2D eigenvalue weighted by atomic mass is 10.3. The van der Waals surface area contributed by atoms with Crippen LogP contribution < -0.4 is 4.74 Å². The van der Waals surface area contributed by atoms with Crippen LogP contribution in [0.15, 0.2) is 24.3 Å². The maximum Gasteiger partial charge on any atom is 0.336 e. The van der Waals surface area contributed by atoms with Crippen LogP contribution in [0.4, 0.5) is 4.39 Å². The summed E-state index contributed by atoms with van der Waals surface area (Å²) in [5.74, 6) is -1.67. The summed E-state index contributed by atoms with van der Waals surface area (Å²) in [4.78, 5) is 10.2. The average Bonchev–Trinajstić information content (AvgIpc) is 2.14. The molecular formula is C9H9FO4. The second-order valence-electron chi connectivity index (χ2n) is 2.62. The number of aliphatic hydroxyl groups is 1. The van der Waals surface area contributed by atoms with Crippen LogP contribution in [0.1, 0.15) is 0 Å². The van der Waals surface area contributed by atoms with E-state index in [4.69, 9.17) is 14.9 Å². The number of hydrogen-bond acceptors (Lipinski definition) is 3. The van der Waals surface area contributed by atoms with Crippen molar-refractivity contribution in [3.05, 3.63) is 30.1 Å². The average molecular weight is 200 g/mol. The van der Waals surface area contributed by atoms with E-state index in [0.717, 1.165) is 6.07 Å². The second kappa shape index (κ2) is 4.57. The molecule has 5 heteroatoms. The molecule has 1 aromatic carbocycles. The van der Waals surface area contributed by atoms with E-state index >= 15 is 0 Å². The molecule has 0 fully saturated rings. The fourth-order valence-electron chi connectivity index (χ4n) is 0.803. The molecule has 0 radical (unpaired) electrons. The van der Waals surface area contributed by atoms with Crippen LogP contribution in [-0.2, 0) is 4.79 Å². The van der Waals surface area contributed by atoms with Gasteiger partial charge < -0.3 is 14.9 Å². The summed E-state index contributed by atoms with van der Waals surface area (Å²) in [6.45, 7) is -0.404. The number of ether oxygens (including phenoxy) is 1. The summed E-state index contributed by atoms with van der Waals surface area (Å²) in [6.07, 6.45) is -1.60. The molecule has 1 aromatic rings. The van der Waals surface area contributed by atoms with Crippen LogP contribution in [0, 0.1) is 5.82 Å². The molecule has 0 aliphatic rings. The van der Waals surface area contributed by atoms with Crippen LogP contribution >= 0.6 is 0 Å². The van der Waals surface area contributed by atoms with E-state index in [1.807, 2.05) is 0 Å². The summed E-state index contributed by atoms with van der Waals surface area (Å²) in [6, 6.07) is 5.24. The Kier molecular flexibility index (Phi) is 3.41. The van der Waals surface area contributed by atoms with E-state index in [1.165, 1.54) is 18.2 Å². The molecule has 0 saturated heterocycles. The van der Waals surface area contributed by atoms with Gasteiger partial charge in [-0.15, -0.1) is 0 Å². The molecule has 2 N–H and O–H groups in total. The van der Waals surface area contributed by atoms with E-state index in [0.29, 0.717) is 0 Å². The first-order valence-electron chi connectivity index (χ1n) is 3.89. The molecule has 1 rings (SSSR count). The smallest absolute Gasteiger partial charge is 0.336 e. The maximum absolute atomic E-state index is 12.6. The van der Waals surface area contributed by atoms with E-state index < -0.39 is 24.5 Å². The minimum atomic E-state index is -1.60. The number of halogens is 1. The standard InChI is InChI=1S/C9H9FO4/c10-6-2-1-3-7(4-6)14-5-8(11)9(12)13/h1-4,8,11H,5H2,(H,12,13). The first kappa shape index (κ1) is 10.5. The topological polar surface area (TPSA) is 66.8 Å². The molecule has 0 spiro atoms. The van der Waals surface area contributed by atoms with Gasteiger partial charge in [0, 0.05) is 6.07 Å². The predicted octanol–water partition coefficient (Wildman–Crippen LogP) is 0.650. The minimum Gasteiger partial charge on any atom is -0.490 e. The van der Waals surface area contributed by atoms with E-state index in [1.54, 1.807) is 0 Å². The zero-order valence-electron chi connectivity index (χ0n) is 7.18. The number of hydrogen-bond donors (Lipinski definition) is 2. The number of aliphatic hydroxyl groups excluding tert-OH is 1. The number of benzene rings is 1. The normalized spacial score (nSPS) is 12.1. The highest BCUT2D eigenvalue weighted by Crippen LogP contribution is 2.11. The van der Waals surface area contributed by atoms with Gasteiger partial charge in [0.05, 0.1) is 0 Å². The largest absolute Gasteiger partial charge is 0.490 e. The van der Waals surface area contributed by atoms with E-state index in [9.17, 15) is 9.18 Å². The highest BCUT2D eigenvalue weighted by Gasteiger charge is 2.13. The summed E-state index contributed by atoms with van der Waals surface area (Å²) in [5.41, 5.74) is 0. The zero-order valence-corrected chi connectivity index (χ0v) is 7.18. The van der Waals surface area contributed by atoms with Crippen molar-refractivity contribution in [1.82, 2.24) is 0 Å². The number of carbonyl (C=O) groups is 1. The Morgan fingerprint density at radius 3 is 2.86 bits per heavy atom. The molecule has 76 valence electrons. The lowest BCUT2D eigenvalue weighted by molar-refractivity contribution is -0.148. The number of rotatable bonds is 4. The molecule has 14 heavy (non-hydrogen) atoms. The van der Waals surface area contributed by atoms with Gasteiger partial charge in [-0.05, 0) is 12.1 Å². The van der Waals surface area contributed by atoms with Gasteiger partial charge in [-0.3, -0.25) is 0 Å². The van der Waals surface area contributed by atoms with Crippen molar-refractivity contribution in [3.8, 4) is 5.75 Å². The van der Waals surface area contributed by atoms with Crippen LogP contribution in [-0.4, -0.2) is 28.9 Å². The van der Waals surface area contributed by atoms with Crippen molar-refractivity contribution in [1.29, 1.82) is 0 Å². The van der Waals surface area contributed by atoms with Crippen molar-refractivity contribution in [2.45, 2.75) is 6.10 Å². The Balaban J connectivity index is 2.49. The fraction of sp³-hybridized carbons (Fsp3) is 0.222. The third-order valence-corrected chi connectivity index (χ3v) is 1.49.